The molecule has 1 aromatic rings. The number of ketones is 1. The number of carbonyl (C=O) groups is 1. The number of rotatable bonds is 0. The van der Waals surface area contributed by atoms with Crippen molar-refractivity contribution in [3.8, 4) is 5.75 Å². The fourth-order valence-corrected chi connectivity index (χ4v) is 1.78. The Labute approximate surface area is 83.9 Å². The van der Waals surface area contributed by atoms with Crippen LogP contribution in [0.15, 0.2) is 12.1 Å². The number of fused-ring (bicyclic) bond motifs is 1. The summed E-state index contributed by atoms with van der Waals surface area (Å²) < 4.78 is 5.59. The van der Waals surface area contributed by atoms with Gasteiger partial charge in [-0.3, -0.25) is 4.79 Å². The third-order valence-electron chi connectivity index (χ3n) is 2.84. The molecule has 74 valence electrons. The summed E-state index contributed by atoms with van der Waals surface area (Å²) in [5, 5.41) is 0. The first-order valence-electron chi connectivity index (χ1n) is 4.77. The molecule has 1 aliphatic rings. The quantitative estimate of drug-likeness (QED) is 0.628. The van der Waals surface area contributed by atoms with Crippen molar-refractivity contribution < 1.29 is 9.53 Å². The molecular formula is C12H14O2. The zero-order valence-electron chi connectivity index (χ0n) is 8.97. The number of hydrogen-bond acceptors (Lipinski definition) is 2. The van der Waals surface area contributed by atoms with E-state index < -0.39 is 5.60 Å². The Morgan fingerprint density at radius 2 is 1.86 bits per heavy atom. The van der Waals surface area contributed by atoms with Gasteiger partial charge in [-0.15, -0.1) is 0 Å². The second kappa shape index (κ2) is 2.59. The number of carbonyl (C=O) groups excluding carboxylic acids is 1. The van der Waals surface area contributed by atoms with Crippen LogP contribution in [0.2, 0.25) is 0 Å². The molecule has 0 N–H and O–H groups in total. The standard InChI is InChI=1S/C12H14O2/c1-7-5-6-9-10(8(7)2)11(13)12(3,4)14-9/h5-6H,1-4H3. The van der Waals surface area contributed by atoms with Gasteiger partial charge in [-0.05, 0) is 44.9 Å². The highest BCUT2D eigenvalue weighted by molar-refractivity contribution is 6.08. The summed E-state index contributed by atoms with van der Waals surface area (Å²) in [5.41, 5.74) is 2.24. The lowest BCUT2D eigenvalue weighted by Crippen LogP contribution is -2.32. The molecular weight excluding hydrogens is 176 g/mol. The highest BCUT2D eigenvalue weighted by Crippen LogP contribution is 2.37. The van der Waals surface area contributed by atoms with E-state index in [1.165, 1.54) is 0 Å². The topological polar surface area (TPSA) is 26.3 Å². The zero-order chi connectivity index (χ0) is 10.5. The van der Waals surface area contributed by atoms with Gasteiger partial charge in [0, 0.05) is 0 Å². The van der Waals surface area contributed by atoms with E-state index in [4.69, 9.17) is 4.74 Å². The summed E-state index contributed by atoms with van der Waals surface area (Å²) in [4.78, 5) is 12.0. The Bertz CT molecular complexity index is 417. The van der Waals surface area contributed by atoms with E-state index in [2.05, 4.69) is 0 Å². The average Bonchev–Trinajstić information content (AvgIpc) is 2.32. The molecule has 0 fully saturated rings. The van der Waals surface area contributed by atoms with Crippen molar-refractivity contribution in [2.75, 3.05) is 0 Å². The molecule has 1 aromatic carbocycles. The van der Waals surface area contributed by atoms with Crippen LogP contribution in [-0.2, 0) is 0 Å². The van der Waals surface area contributed by atoms with Crippen molar-refractivity contribution >= 4 is 5.78 Å². The first-order chi connectivity index (χ1) is 6.43. The third kappa shape index (κ3) is 1.07. The summed E-state index contributed by atoms with van der Waals surface area (Å²) >= 11 is 0. The molecule has 2 rings (SSSR count). The van der Waals surface area contributed by atoms with Gasteiger partial charge in [0.05, 0.1) is 5.56 Å². The van der Waals surface area contributed by atoms with Crippen molar-refractivity contribution in [1.82, 2.24) is 0 Å². The van der Waals surface area contributed by atoms with Crippen LogP contribution in [0.5, 0.6) is 5.75 Å². The van der Waals surface area contributed by atoms with Crippen molar-refractivity contribution in [2.45, 2.75) is 33.3 Å². The van der Waals surface area contributed by atoms with Crippen molar-refractivity contribution in [3.05, 3.63) is 28.8 Å². The summed E-state index contributed by atoms with van der Waals surface area (Å²) in [5.74, 6) is 0.816. The van der Waals surface area contributed by atoms with E-state index in [1.54, 1.807) is 0 Å². The molecule has 14 heavy (non-hydrogen) atoms. The van der Waals surface area contributed by atoms with Gasteiger partial charge in [-0.2, -0.15) is 0 Å². The Balaban J connectivity index is 2.67. The molecule has 0 unspecified atom stereocenters. The number of Topliss-reactive ketones (excluding diaryl/α,β-unsaturated/α-hetero) is 1. The monoisotopic (exact) mass is 190 g/mol. The molecule has 0 saturated heterocycles. The van der Waals surface area contributed by atoms with Gasteiger partial charge in [-0.1, -0.05) is 6.07 Å². The Morgan fingerprint density at radius 1 is 1.21 bits per heavy atom. The minimum absolute atomic E-state index is 0.0914. The summed E-state index contributed by atoms with van der Waals surface area (Å²) in [7, 11) is 0. The number of aryl methyl sites for hydroxylation is 1. The van der Waals surface area contributed by atoms with Crippen molar-refractivity contribution in [2.24, 2.45) is 0 Å². The van der Waals surface area contributed by atoms with Gasteiger partial charge in [0.2, 0.25) is 5.78 Å². The summed E-state index contributed by atoms with van der Waals surface area (Å²) in [6, 6.07) is 3.87. The second-order valence-corrected chi connectivity index (χ2v) is 4.32. The van der Waals surface area contributed by atoms with Crippen LogP contribution < -0.4 is 4.74 Å². The Hall–Kier alpha value is -1.31. The van der Waals surface area contributed by atoms with Crippen LogP contribution in [0, 0.1) is 13.8 Å². The van der Waals surface area contributed by atoms with Gasteiger partial charge in [0.25, 0.3) is 0 Å². The number of ether oxygens (including phenoxy) is 1. The van der Waals surface area contributed by atoms with E-state index in [1.807, 2.05) is 39.8 Å². The molecule has 0 radical (unpaired) electrons. The second-order valence-electron chi connectivity index (χ2n) is 4.32. The minimum atomic E-state index is -0.694. The van der Waals surface area contributed by atoms with Crippen LogP contribution in [0.25, 0.3) is 0 Å². The Kier molecular flexibility index (Phi) is 1.71. The molecule has 0 aromatic heterocycles. The number of hydrogen-bond donors (Lipinski definition) is 0. The van der Waals surface area contributed by atoms with Gasteiger partial charge in [0.1, 0.15) is 5.75 Å². The van der Waals surface area contributed by atoms with Crippen LogP contribution in [0.4, 0.5) is 0 Å². The first-order valence-corrected chi connectivity index (χ1v) is 4.77. The van der Waals surface area contributed by atoms with Crippen LogP contribution in [0.1, 0.15) is 35.3 Å². The van der Waals surface area contributed by atoms with Crippen LogP contribution >= 0.6 is 0 Å². The predicted molar refractivity (Wildman–Crippen MR) is 55.0 cm³/mol. The SMILES string of the molecule is Cc1ccc2c(c1C)C(=O)C(C)(C)O2. The van der Waals surface area contributed by atoms with E-state index >= 15 is 0 Å². The Morgan fingerprint density at radius 3 is 2.50 bits per heavy atom. The lowest BCUT2D eigenvalue weighted by atomic mass is 9.94. The van der Waals surface area contributed by atoms with Crippen molar-refractivity contribution in [3.63, 3.8) is 0 Å². The van der Waals surface area contributed by atoms with E-state index in [0.717, 1.165) is 22.4 Å². The average molecular weight is 190 g/mol. The first kappa shape index (κ1) is 9.25. The fraction of sp³-hybridized carbons (Fsp3) is 0.417. The maximum Gasteiger partial charge on any atom is 0.209 e. The smallest absolute Gasteiger partial charge is 0.209 e. The van der Waals surface area contributed by atoms with Gasteiger partial charge < -0.3 is 4.74 Å². The largest absolute Gasteiger partial charge is 0.479 e. The molecule has 0 amide bonds. The molecule has 0 aliphatic carbocycles. The summed E-state index contributed by atoms with van der Waals surface area (Å²) in [6.07, 6.45) is 0. The minimum Gasteiger partial charge on any atom is -0.479 e. The lowest BCUT2D eigenvalue weighted by molar-refractivity contribution is 0.0684. The van der Waals surface area contributed by atoms with E-state index in [9.17, 15) is 4.79 Å². The van der Waals surface area contributed by atoms with E-state index in [-0.39, 0.29) is 5.78 Å². The molecule has 1 aliphatic heterocycles. The normalized spacial score (nSPS) is 17.9. The van der Waals surface area contributed by atoms with Gasteiger partial charge in [0.15, 0.2) is 5.60 Å². The molecule has 2 nitrogen and oxygen atoms in total. The maximum atomic E-state index is 12.0. The van der Waals surface area contributed by atoms with E-state index in [0.29, 0.717) is 0 Å². The predicted octanol–water partition coefficient (Wildman–Crippen LogP) is 2.66. The molecule has 0 atom stereocenters. The molecule has 0 spiro atoms. The van der Waals surface area contributed by atoms with Crippen LogP contribution in [0.3, 0.4) is 0 Å². The van der Waals surface area contributed by atoms with Crippen molar-refractivity contribution in [1.29, 1.82) is 0 Å². The highest BCUT2D eigenvalue weighted by atomic mass is 16.5. The summed E-state index contributed by atoms with van der Waals surface area (Å²) in [6.45, 7) is 7.60. The third-order valence-corrected chi connectivity index (χ3v) is 2.84. The molecule has 2 heteroatoms. The maximum absolute atomic E-state index is 12.0. The van der Waals surface area contributed by atoms with Gasteiger partial charge in [-0.25, -0.2) is 0 Å². The lowest BCUT2D eigenvalue weighted by Gasteiger charge is -2.14. The molecule has 0 bridgehead atoms. The highest BCUT2D eigenvalue weighted by Gasteiger charge is 2.40. The van der Waals surface area contributed by atoms with Crippen LogP contribution in [-0.4, -0.2) is 11.4 Å². The zero-order valence-corrected chi connectivity index (χ0v) is 8.97. The number of benzene rings is 1. The fourth-order valence-electron chi connectivity index (χ4n) is 1.78. The molecule has 1 heterocycles. The van der Waals surface area contributed by atoms with Gasteiger partial charge >= 0.3 is 0 Å². The molecule has 0 saturated carbocycles.